The maximum atomic E-state index is 5.50. The highest BCUT2D eigenvalue weighted by atomic mass is 16.4. The first-order chi connectivity index (χ1) is 7.25. The van der Waals surface area contributed by atoms with Crippen molar-refractivity contribution in [3.8, 4) is 11.5 Å². The zero-order chi connectivity index (χ0) is 10.7. The quantitative estimate of drug-likeness (QED) is 0.715. The Morgan fingerprint density at radius 1 is 1.27 bits per heavy atom. The second-order valence-corrected chi connectivity index (χ2v) is 3.50. The van der Waals surface area contributed by atoms with Gasteiger partial charge in [-0.05, 0) is 19.1 Å². The molecule has 3 heteroatoms. The predicted octanol–water partition coefficient (Wildman–Crippen LogP) is 2.86. The molecule has 0 saturated carbocycles. The molecule has 0 N–H and O–H groups in total. The normalized spacial score (nSPS) is 10.2. The monoisotopic (exact) mass is 200 g/mol. The van der Waals surface area contributed by atoms with Gasteiger partial charge in [-0.15, -0.1) is 10.2 Å². The number of rotatable bonds is 3. The van der Waals surface area contributed by atoms with Crippen molar-refractivity contribution in [1.29, 1.82) is 0 Å². The smallest absolute Gasteiger partial charge is 0.247 e. The highest BCUT2D eigenvalue weighted by Crippen LogP contribution is 2.17. The van der Waals surface area contributed by atoms with Crippen molar-refractivity contribution < 1.29 is 4.42 Å². The van der Waals surface area contributed by atoms with Gasteiger partial charge < -0.3 is 4.42 Å². The van der Waals surface area contributed by atoms with Gasteiger partial charge in [-0.1, -0.05) is 30.4 Å². The van der Waals surface area contributed by atoms with Gasteiger partial charge in [-0.3, -0.25) is 0 Å². The zero-order valence-electron chi connectivity index (χ0n) is 8.60. The Kier molecular flexibility index (Phi) is 2.63. The molecular formula is C12H12N2O. The SMILES string of the molecule is C=C(C)Cc1nnc(-c2ccccc2)o1. The molecule has 0 aliphatic carbocycles. The lowest BCUT2D eigenvalue weighted by Gasteiger charge is -1.93. The fourth-order valence-corrected chi connectivity index (χ4v) is 1.28. The van der Waals surface area contributed by atoms with E-state index in [1.54, 1.807) is 0 Å². The van der Waals surface area contributed by atoms with Crippen molar-refractivity contribution in [2.45, 2.75) is 13.3 Å². The molecule has 0 radical (unpaired) electrons. The van der Waals surface area contributed by atoms with E-state index in [0.29, 0.717) is 18.2 Å². The maximum Gasteiger partial charge on any atom is 0.247 e. The maximum absolute atomic E-state index is 5.50. The largest absolute Gasteiger partial charge is 0.420 e. The molecule has 0 aliphatic rings. The number of allylic oxidation sites excluding steroid dienone is 1. The van der Waals surface area contributed by atoms with Gasteiger partial charge in [-0.25, -0.2) is 0 Å². The van der Waals surface area contributed by atoms with Gasteiger partial charge in [0.15, 0.2) is 0 Å². The zero-order valence-corrected chi connectivity index (χ0v) is 8.60. The van der Waals surface area contributed by atoms with Crippen LogP contribution in [0.15, 0.2) is 46.9 Å². The van der Waals surface area contributed by atoms with E-state index in [4.69, 9.17) is 4.42 Å². The molecule has 15 heavy (non-hydrogen) atoms. The van der Waals surface area contributed by atoms with E-state index in [9.17, 15) is 0 Å². The van der Waals surface area contributed by atoms with Gasteiger partial charge >= 0.3 is 0 Å². The Bertz CT molecular complexity index is 459. The Hall–Kier alpha value is -1.90. The average molecular weight is 200 g/mol. The Morgan fingerprint density at radius 3 is 2.67 bits per heavy atom. The number of aromatic nitrogens is 2. The van der Waals surface area contributed by atoms with Crippen LogP contribution in [0.25, 0.3) is 11.5 Å². The number of hydrogen-bond donors (Lipinski definition) is 0. The van der Waals surface area contributed by atoms with Crippen LogP contribution in [0.5, 0.6) is 0 Å². The van der Waals surface area contributed by atoms with Crippen molar-refractivity contribution in [3.63, 3.8) is 0 Å². The van der Waals surface area contributed by atoms with Crippen molar-refractivity contribution in [3.05, 3.63) is 48.4 Å². The van der Waals surface area contributed by atoms with Crippen LogP contribution in [0.2, 0.25) is 0 Å². The molecule has 2 aromatic rings. The Labute approximate surface area is 88.5 Å². The average Bonchev–Trinajstić information content (AvgIpc) is 2.67. The van der Waals surface area contributed by atoms with E-state index < -0.39 is 0 Å². The lowest BCUT2D eigenvalue weighted by Crippen LogP contribution is -1.84. The van der Waals surface area contributed by atoms with Crippen LogP contribution >= 0.6 is 0 Å². The summed E-state index contributed by atoms with van der Waals surface area (Å²) >= 11 is 0. The third-order valence-corrected chi connectivity index (χ3v) is 1.94. The lowest BCUT2D eigenvalue weighted by molar-refractivity contribution is 0.517. The second-order valence-electron chi connectivity index (χ2n) is 3.50. The minimum Gasteiger partial charge on any atom is -0.420 e. The van der Waals surface area contributed by atoms with Crippen molar-refractivity contribution >= 4 is 0 Å². The molecule has 1 aromatic carbocycles. The number of hydrogen-bond acceptors (Lipinski definition) is 3. The van der Waals surface area contributed by atoms with E-state index in [1.807, 2.05) is 37.3 Å². The van der Waals surface area contributed by atoms with E-state index in [2.05, 4.69) is 16.8 Å². The third kappa shape index (κ3) is 2.31. The van der Waals surface area contributed by atoms with Crippen LogP contribution < -0.4 is 0 Å². The molecule has 0 unspecified atom stereocenters. The molecular weight excluding hydrogens is 188 g/mol. The summed E-state index contributed by atoms with van der Waals surface area (Å²) in [5.74, 6) is 1.17. The summed E-state index contributed by atoms with van der Waals surface area (Å²) < 4.78 is 5.50. The van der Waals surface area contributed by atoms with Gasteiger partial charge in [-0.2, -0.15) is 0 Å². The van der Waals surface area contributed by atoms with E-state index in [0.717, 1.165) is 11.1 Å². The minimum atomic E-state index is 0.562. The summed E-state index contributed by atoms with van der Waals surface area (Å²) in [4.78, 5) is 0. The molecule has 1 heterocycles. The van der Waals surface area contributed by atoms with Gasteiger partial charge in [0.2, 0.25) is 11.8 Å². The van der Waals surface area contributed by atoms with E-state index >= 15 is 0 Å². The summed E-state index contributed by atoms with van der Waals surface area (Å²) in [5.41, 5.74) is 1.95. The molecule has 0 atom stereocenters. The van der Waals surface area contributed by atoms with Crippen LogP contribution in [0.3, 0.4) is 0 Å². The van der Waals surface area contributed by atoms with Crippen LogP contribution in [0.4, 0.5) is 0 Å². The van der Waals surface area contributed by atoms with Crippen molar-refractivity contribution in [2.75, 3.05) is 0 Å². The molecule has 0 saturated heterocycles. The van der Waals surface area contributed by atoms with Crippen molar-refractivity contribution in [1.82, 2.24) is 10.2 Å². The topological polar surface area (TPSA) is 38.9 Å². The first-order valence-corrected chi connectivity index (χ1v) is 4.78. The molecule has 0 amide bonds. The molecule has 0 bridgehead atoms. The molecule has 3 nitrogen and oxygen atoms in total. The van der Waals surface area contributed by atoms with Crippen molar-refractivity contribution in [2.24, 2.45) is 0 Å². The second kappa shape index (κ2) is 4.09. The van der Waals surface area contributed by atoms with Gasteiger partial charge in [0.1, 0.15) is 0 Å². The summed E-state index contributed by atoms with van der Waals surface area (Å²) in [5, 5.41) is 7.94. The van der Waals surface area contributed by atoms with Gasteiger partial charge in [0, 0.05) is 12.0 Å². The molecule has 2 rings (SSSR count). The number of nitrogens with zero attached hydrogens (tertiary/aromatic N) is 2. The fourth-order valence-electron chi connectivity index (χ4n) is 1.28. The van der Waals surface area contributed by atoms with E-state index in [1.165, 1.54) is 0 Å². The summed E-state index contributed by atoms with van der Waals surface area (Å²) in [6.45, 7) is 5.74. The standard InChI is InChI=1S/C12H12N2O/c1-9(2)8-11-13-14-12(15-11)10-6-4-3-5-7-10/h3-7H,1,8H2,2H3. The highest BCUT2D eigenvalue weighted by Gasteiger charge is 2.07. The Balaban J connectivity index is 2.24. The number of benzene rings is 1. The minimum absolute atomic E-state index is 0.562. The fraction of sp³-hybridized carbons (Fsp3) is 0.167. The van der Waals surface area contributed by atoms with Gasteiger partial charge in [0.25, 0.3) is 0 Å². The lowest BCUT2D eigenvalue weighted by atomic mass is 10.2. The van der Waals surface area contributed by atoms with E-state index in [-0.39, 0.29) is 0 Å². The van der Waals surface area contributed by atoms with Crippen LogP contribution in [0, 0.1) is 0 Å². The molecule has 76 valence electrons. The summed E-state index contributed by atoms with van der Waals surface area (Å²) in [6, 6.07) is 9.72. The Morgan fingerprint density at radius 2 is 2.00 bits per heavy atom. The molecule has 1 aromatic heterocycles. The third-order valence-electron chi connectivity index (χ3n) is 1.94. The van der Waals surface area contributed by atoms with Crippen LogP contribution in [-0.4, -0.2) is 10.2 Å². The first-order valence-electron chi connectivity index (χ1n) is 4.78. The first kappa shape index (κ1) is 9.65. The highest BCUT2D eigenvalue weighted by molar-refractivity contribution is 5.51. The molecule has 0 aliphatic heterocycles. The summed E-state index contributed by atoms with van der Waals surface area (Å²) in [6.07, 6.45) is 0.639. The van der Waals surface area contributed by atoms with Crippen LogP contribution in [-0.2, 0) is 6.42 Å². The van der Waals surface area contributed by atoms with Crippen LogP contribution in [0.1, 0.15) is 12.8 Å². The predicted molar refractivity (Wildman–Crippen MR) is 58.3 cm³/mol. The summed E-state index contributed by atoms with van der Waals surface area (Å²) in [7, 11) is 0. The van der Waals surface area contributed by atoms with Gasteiger partial charge in [0.05, 0.1) is 0 Å². The molecule has 0 fully saturated rings. The molecule has 0 spiro atoms.